The third kappa shape index (κ3) is 3.33. The van der Waals surface area contributed by atoms with E-state index in [0.29, 0.717) is 6.54 Å². The zero-order chi connectivity index (χ0) is 14.5. The molecule has 4 nitrogen and oxygen atoms in total. The summed E-state index contributed by atoms with van der Waals surface area (Å²) in [4.78, 5) is 11.1. The first-order valence-corrected chi connectivity index (χ1v) is 6.96. The van der Waals surface area contributed by atoms with Crippen molar-refractivity contribution in [3.05, 3.63) is 53.0 Å². The van der Waals surface area contributed by atoms with Crippen LogP contribution in [0, 0.1) is 6.92 Å². The predicted molar refractivity (Wildman–Crippen MR) is 82.6 cm³/mol. The summed E-state index contributed by atoms with van der Waals surface area (Å²) in [6, 6.07) is 10.3. The average Bonchev–Trinajstić information content (AvgIpc) is 2.47. The minimum Gasteiger partial charge on any atom is -0.355 e. The van der Waals surface area contributed by atoms with Gasteiger partial charge in [0.05, 0.1) is 0 Å². The number of anilines is 1. The van der Waals surface area contributed by atoms with E-state index < -0.39 is 0 Å². The van der Waals surface area contributed by atoms with Crippen molar-refractivity contribution in [3.8, 4) is 0 Å². The van der Waals surface area contributed by atoms with Gasteiger partial charge in [-0.25, -0.2) is 9.97 Å². The van der Waals surface area contributed by atoms with Gasteiger partial charge in [-0.2, -0.15) is 0 Å². The molecular formula is C16H22N4. The maximum absolute atomic E-state index is 5.79. The molecule has 0 saturated carbocycles. The highest BCUT2D eigenvalue weighted by Gasteiger charge is 2.08. The summed E-state index contributed by atoms with van der Waals surface area (Å²) in [5.74, 6) is 1.78. The van der Waals surface area contributed by atoms with Crippen molar-refractivity contribution in [1.82, 2.24) is 9.97 Å². The Kier molecular flexibility index (Phi) is 4.69. The van der Waals surface area contributed by atoms with Gasteiger partial charge >= 0.3 is 0 Å². The highest BCUT2D eigenvalue weighted by atomic mass is 15.2. The summed E-state index contributed by atoms with van der Waals surface area (Å²) < 4.78 is 0. The van der Waals surface area contributed by atoms with Crippen molar-refractivity contribution in [2.45, 2.75) is 33.4 Å². The Morgan fingerprint density at radius 3 is 2.50 bits per heavy atom. The molecule has 0 bridgehead atoms. The molecule has 0 fully saturated rings. The molecule has 2 rings (SSSR count). The Labute approximate surface area is 120 Å². The standard InChI is InChI=1S/C16H22N4/c1-4-15-9-16(19-12(2)18-15)20(3)11-14-8-6-5-7-13(14)10-17/h5-9H,4,10-11,17H2,1-3H3. The fourth-order valence-corrected chi connectivity index (χ4v) is 2.24. The van der Waals surface area contributed by atoms with Crippen LogP contribution in [0.25, 0.3) is 0 Å². The van der Waals surface area contributed by atoms with E-state index in [-0.39, 0.29) is 0 Å². The molecule has 0 aliphatic carbocycles. The van der Waals surface area contributed by atoms with Crippen LogP contribution >= 0.6 is 0 Å². The van der Waals surface area contributed by atoms with Gasteiger partial charge in [0.25, 0.3) is 0 Å². The SMILES string of the molecule is CCc1cc(N(C)Cc2ccccc2CN)nc(C)n1. The van der Waals surface area contributed by atoms with Crippen molar-refractivity contribution in [2.75, 3.05) is 11.9 Å². The molecule has 0 amide bonds. The lowest BCUT2D eigenvalue weighted by Gasteiger charge is -2.20. The Balaban J connectivity index is 2.23. The Hall–Kier alpha value is -1.94. The largest absolute Gasteiger partial charge is 0.355 e. The molecule has 4 heteroatoms. The summed E-state index contributed by atoms with van der Waals surface area (Å²) in [6.07, 6.45) is 0.920. The fraction of sp³-hybridized carbons (Fsp3) is 0.375. The van der Waals surface area contributed by atoms with Gasteiger partial charge in [0.2, 0.25) is 0 Å². The molecule has 106 valence electrons. The summed E-state index contributed by atoms with van der Waals surface area (Å²) in [5, 5.41) is 0. The lowest BCUT2D eigenvalue weighted by atomic mass is 10.1. The summed E-state index contributed by atoms with van der Waals surface area (Å²) in [7, 11) is 2.05. The molecule has 0 spiro atoms. The third-order valence-electron chi connectivity index (χ3n) is 3.38. The van der Waals surface area contributed by atoms with Crippen molar-refractivity contribution < 1.29 is 0 Å². The Bertz CT molecular complexity index is 580. The molecule has 0 unspecified atom stereocenters. The van der Waals surface area contributed by atoms with Gasteiger partial charge < -0.3 is 10.6 Å². The molecule has 0 aliphatic heterocycles. The second kappa shape index (κ2) is 6.48. The number of aryl methyl sites for hydroxylation is 2. The first-order chi connectivity index (χ1) is 9.63. The lowest BCUT2D eigenvalue weighted by molar-refractivity contribution is 0.849. The van der Waals surface area contributed by atoms with E-state index in [9.17, 15) is 0 Å². The van der Waals surface area contributed by atoms with Gasteiger partial charge in [-0.3, -0.25) is 0 Å². The van der Waals surface area contributed by atoms with Gasteiger partial charge in [-0.1, -0.05) is 31.2 Å². The molecule has 1 aromatic heterocycles. The van der Waals surface area contributed by atoms with E-state index in [1.54, 1.807) is 0 Å². The monoisotopic (exact) mass is 270 g/mol. The summed E-state index contributed by atoms with van der Waals surface area (Å²) in [6.45, 7) is 5.40. The van der Waals surface area contributed by atoms with Crippen LogP contribution in [0.5, 0.6) is 0 Å². The molecular weight excluding hydrogens is 248 g/mol. The number of hydrogen-bond acceptors (Lipinski definition) is 4. The maximum Gasteiger partial charge on any atom is 0.132 e. The molecule has 1 heterocycles. The highest BCUT2D eigenvalue weighted by molar-refractivity contribution is 5.41. The number of nitrogens with two attached hydrogens (primary N) is 1. The zero-order valence-electron chi connectivity index (χ0n) is 12.4. The molecule has 0 atom stereocenters. The van der Waals surface area contributed by atoms with Crippen LogP contribution in [0.3, 0.4) is 0 Å². The van der Waals surface area contributed by atoms with Crippen LogP contribution in [0.4, 0.5) is 5.82 Å². The van der Waals surface area contributed by atoms with Gasteiger partial charge in [-0.05, 0) is 24.5 Å². The molecule has 0 aliphatic rings. The van der Waals surface area contributed by atoms with Crippen molar-refractivity contribution in [3.63, 3.8) is 0 Å². The second-order valence-corrected chi connectivity index (χ2v) is 4.95. The molecule has 2 N–H and O–H groups in total. The molecule has 20 heavy (non-hydrogen) atoms. The quantitative estimate of drug-likeness (QED) is 0.906. The number of rotatable bonds is 5. The van der Waals surface area contributed by atoms with E-state index in [1.165, 1.54) is 11.1 Å². The van der Waals surface area contributed by atoms with Gasteiger partial charge in [0.15, 0.2) is 0 Å². The van der Waals surface area contributed by atoms with Crippen LogP contribution in [0.1, 0.15) is 29.6 Å². The number of benzene rings is 1. The summed E-state index contributed by atoms with van der Waals surface area (Å²) in [5.41, 5.74) is 9.29. The Morgan fingerprint density at radius 1 is 1.15 bits per heavy atom. The molecule has 0 radical (unpaired) electrons. The number of aromatic nitrogens is 2. The van der Waals surface area contributed by atoms with E-state index >= 15 is 0 Å². The van der Waals surface area contributed by atoms with E-state index in [2.05, 4.69) is 47.0 Å². The van der Waals surface area contributed by atoms with Crippen LogP contribution in [0.2, 0.25) is 0 Å². The first-order valence-electron chi connectivity index (χ1n) is 6.96. The van der Waals surface area contributed by atoms with Crippen LogP contribution in [0.15, 0.2) is 30.3 Å². The first kappa shape index (κ1) is 14.5. The molecule has 1 aromatic carbocycles. The fourth-order valence-electron chi connectivity index (χ4n) is 2.24. The van der Waals surface area contributed by atoms with Crippen LogP contribution in [-0.2, 0) is 19.5 Å². The second-order valence-electron chi connectivity index (χ2n) is 4.95. The Morgan fingerprint density at radius 2 is 1.85 bits per heavy atom. The normalized spacial score (nSPS) is 10.6. The van der Waals surface area contributed by atoms with Crippen LogP contribution in [-0.4, -0.2) is 17.0 Å². The van der Waals surface area contributed by atoms with Gasteiger partial charge in [0.1, 0.15) is 11.6 Å². The predicted octanol–water partition coefficient (Wildman–Crippen LogP) is 2.44. The van der Waals surface area contributed by atoms with Crippen LogP contribution < -0.4 is 10.6 Å². The van der Waals surface area contributed by atoms with E-state index in [4.69, 9.17) is 5.73 Å². The van der Waals surface area contributed by atoms with Crippen molar-refractivity contribution in [1.29, 1.82) is 0 Å². The number of hydrogen-bond donors (Lipinski definition) is 1. The minimum atomic E-state index is 0.563. The minimum absolute atomic E-state index is 0.563. The van der Waals surface area contributed by atoms with Gasteiger partial charge in [-0.15, -0.1) is 0 Å². The van der Waals surface area contributed by atoms with Crippen molar-refractivity contribution in [2.24, 2.45) is 5.73 Å². The van der Waals surface area contributed by atoms with E-state index in [0.717, 1.165) is 30.3 Å². The summed E-state index contributed by atoms with van der Waals surface area (Å²) >= 11 is 0. The van der Waals surface area contributed by atoms with Crippen molar-refractivity contribution >= 4 is 5.82 Å². The zero-order valence-corrected chi connectivity index (χ0v) is 12.4. The van der Waals surface area contributed by atoms with E-state index in [1.807, 2.05) is 19.1 Å². The topological polar surface area (TPSA) is 55.0 Å². The smallest absolute Gasteiger partial charge is 0.132 e. The number of nitrogens with zero attached hydrogens (tertiary/aromatic N) is 3. The maximum atomic E-state index is 5.79. The molecule has 0 saturated heterocycles. The third-order valence-corrected chi connectivity index (χ3v) is 3.38. The molecule has 2 aromatic rings. The van der Waals surface area contributed by atoms with Gasteiger partial charge in [0, 0.05) is 31.9 Å². The lowest BCUT2D eigenvalue weighted by Crippen LogP contribution is -2.20. The highest BCUT2D eigenvalue weighted by Crippen LogP contribution is 2.17. The average molecular weight is 270 g/mol.